The first-order valence-electron chi connectivity index (χ1n) is 10.1. The maximum Gasteiger partial charge on any atom is 0.120 e. The van der Waals surface area contributed by atoms with Gasteiger partial charge in [-0.15, -0.1) is 0 Å². The number of nitrogens with zero attached hydrogens (tertiary/aromatic N) is 1. The molecule has 4 rings (SSSR count). The summed E-state index contributed by atoms with van der Waals surface area (Å²) in [4.78, 5) is 2.20. The lowest BCUT2D eigenvalue weighted by Crippen LogP contribution is -2.42. The van der Waals surface area contributed by atoms with Gasteiger partial charge in [0.2, 0.25) is 0 Å². The van der Waals surface area contributed by atoms with Gasteiger partial charge in [-0.2, -0.15) is 0 Å². The van der Waals surface area contributed by atoms with Crippen molar-refractivity contribution in [1.29, 1.82) is 0 Å². The van der Waals surface area contributed by atoms with E-state index in [-0.39, 0.29) is 13.2 Å². The van der Waals surface area contributed by atoms with Crippen molar-refractivity contribution in [2.75, 3.05) is 39.5 Å². The van der Waals surface area contributed by atoms with Crippen molar-refractivity contribution in [3.8, 4) is 16.9 Å². The van der Waals surface area contributed by atoms with Crippen molar-refractivity contribution in [2.24, 2.45) is 0 Å². The quantitative estimate of drug-likeness (QED) is 0.646. The number of rotatable bonds is 7. The fourth-order valence-corrected chi connectivity index (χ4v) is 3.84. The molecule has 1 fully saturated rings. The molecule has 0 aromatic heterocycles. The van der Waals surface area contributed by atoms with Crippen LogP contribution in [0.4, 0.5) is 0 Å². The van der Waals surface area contributed by atoms with Crippen LogP contribution in [-0.4, -0.2) is 60.7 Å². The molecule has 0 radical (unpaired) electrons. The number of morpholine rings is 1. The van der Waals surface area contributed by atoms with E-state index in [4.69, 9.17) is 9.47 Å². The van der Waals surface area contributed by atoms with E-state index in [9.17, 15) is 10.2 Å². The predicted octanol–water partition coefficient (Wildman–Crippen LogP) is 3.07. The molecular weight excluding hydrogens is 366 g/mol. The molecule has 152 valence electrons. The second-order valence-corrected chi connectivity index (χ2v) is 7.39. The molecule has 0 spiro atoms. The van der Waals surface area contributed by atoms with Crippen molar-refractivity contribution in [2.45, 2.75) is 12.7 Å². The fourth-order valence-electron chi connectivity index (χ4n) is 3.84. The Morgan fingerprint density at radius 3 is 2.55 bits per heavy atom. The van der Waals surface area contributed by atoms with Gasteiger partial charge in [-0.3, -0.25) is 4.90 Å². The highest BCUT2D eigenvalue weighted by Crippen LogP contribution is 2.35. The monoisotopic (exact) mass is 393 g/mol. The van der Waals surface area contributed by atoms with Crippen LogP contribution in [-0.2, 0) is 11.3 Å². The average Bonchev–Trinajstić information content (AvgIpc) is 2.78. The van der Waals surface area contributed by atoms with Crippen LogP contribution in [0.1, 0.15) is 5.56 Å². The standard InChI is InChI=1S/C24H27NO4/c26-16-19-6-2-4-8-23(19)24-14-21(13-18-5-1-3-7-22(18)24)29-17-20(27)15-25-9-11-28-12-10-25/h1-8,13-14,20,26-27H,9-12,15-17H2. The van der Waals surface area contributed by atoms with Crippen molar-refractivity contribution in [3.63, 3.8) is 0 Å². The first kappa shape index (κ1) is 19.9. The summed E-state index contributed by atoms with van der Waals surface area (Å²) in [6, 6.07) is 20.0. The molecule has 5 heteroatoms. The lowest BCUT2D eigenvalue weighted by atomic mass is 9.94. The van der Waals surface area contributed by atoms with Crippen LogP contribution in [0.5, 0.6) is 5.75 Å². The van der Waals surface area contributed by atoms with Crippen LogP contribution >= 0.6 is 0 Å². The molecule has 0 aliphatic carbocycles. The van der Waals surface area contributed by atoms with Crippen LogP contribution < -0.4 is 4.74 Å². The highest BCUT2D eigenvalue weighted by molar-refractivity contribution is 5.98. The Kier molecular flexibility index (Phi) is 6.42. The van der Waals surface area contributed by atoms with E-state index in [1.165, 1.54) is 0 Å². The van der Waals surface area contributed by atoms with E-state index in [0.29, 0.717) is 25.5 Å². The molecule has 1 unspecified atom stereocenters. The van der Waals surface area contributed by atoms with E-state index in [1.54, 1.807) is 0 Å². The third kappa shape index (κ3) is 4.77. The Balaban J connectivity index is 1.57. The van der Waals surface area contributed by atoms with Gasteiger partial charge in [-0.1, -0.05) is 48.5 Å². The molecule has 0 saturated carbocycles. The number of benzene rings is 3. The molecule has 29 heavy (non-hydrogen) atoms. The van der Waals surface area contributed by atoms with Crippen molar-refractivity contribution < 1.29 is 19.7 Å². The topological polar surface area (TPSA) is 62.2 Å². The average molecular weight is 393 g/mol. The Labute approximate surface area is 171 Å². The number of hydrogen-bond acceptors (Lipinski definition) is 5. The summed E-state index contributed by atoms with van der Waals surface area (Å²) in [5.41, 5.74) is 2.89. The van der Waals surface area contributed by atoms with Crippen LogP contribution in [0.25, 0.3) is 21.9 Å². The minimum atomic E-state index is -0.562. The molecule has 2 N–H and O–H groups in total. The van der Waals surface area contributed by atoms with Crippen LogP contribution in [0, 0.1) is 0 Å². The summed E-state index contributed by atoms with van der Waals surface area (Å²) in [5, 5.41) is 22.4. The van der Waals surface area contributed by atoms with Gasteiger partial charge < -0.3 is 19.7 Å². The van der Waals surface area contributed by atoms with Crippen molar-refractivity contribution in [1.82, 2.24) is 4.90 Å². The molecule has 0 amide bonds. The minimum absolute atomic E-state index is 0.0200. The maximum absolute atomic E-state index is 10.4. The predicted molar refractivity (Wildman–Crippen MR) is 114 cm³/mol. The molecule has 1 heterocycles. The van der Waals surface area contributed by atoms with Gasteiger partial charge in [0.15, 0.2) is 0 Å². The second-order valence-electron chi connectivity index (χ2n) is 7.39. The zero-order valence-electron chi connectivity index (χ0n) is 16.5. The maximum atomic E-state index is 10.4. The summed E-state index contributed by atoms with van der Waals surface area (Å²) < 4.78 is 11.3. The van der Waals surface area contributed by atoms with E-state index in [1.807, 2.05) is 48.5 Å². The van der Waals surface area contributed by atoms with Gasteiger partial charge in [0.1, 0.15) is 18.5 Å². The molecule has 1 aliphatic rings. The highest BCUT2D eigenvalue weighted by Gasteiger charge is 2.16. The van der Waals surface area contributed by atoms with Crippen molar-refractivity contribution >= 4 is 10.8 Å². The summed E-state index contributed by atoms with van der Waals surface area (Å²) in [7, 11) is 0. The second kappa shape index (κ2) is 9.37. The zero-order chi connectivity index (χ0) is 20.1. The van der Waals surface area contributed by atoms with Gasteiger partial charge in [0.25, 0.3) is 0 Å². The molecular formula is C24H27NO4. The molecule has 0 bridgehead atoms. The van der Waals surface area contributed by atoms with Gasteiger partial charge in [-0.05, 0) is 39.6 Å². The smallest absolute Gasteiger partial charge is 0.120 e. The number of hydrogen-bond donors (Lipinski definition) is 2. The van der Waals surface area contributed by atoms with Crippen LogP contribution in [0.2, 0.25) is 0 Å². The molecule has 3 aromatic rings. The van der Waals surface area contributed by atoms with Gasteiger partial charge in [0, 0.05) is 19.6 Å². The summed E-state index contributed by atoms with van der Waals surface area (Å²) >= 11 is 0. The van der Waals surface area contributed by atoms with Gasteiger partial charge in [0.05, 0.1) is 19.8 Å². The van der Waals surface area contributed by atoms with E-state index < -0.39 is 6.10 Å². The summed E-state index contributed by atoms with van der Waals surface area (Å²) in [6.45, 7) is 3.91. The normalized spacial score (nSPS) is 16.1. The molecule has 5 nitrogen and oxygen atoms in total. The highest BCUT2D eigenvalue weighted by atomic mass is 16.5. The SMILES string of the molecule is OCc1ccccc1-c1cc(OCC(O)CN2CCOCC2)cc2ccccc12. The largest absolute Gasteiger partial charge is 0.491 e. The number of ether oxygens (including phenoxy) is 2. The first-order valence-corrected chi connectivity index (χ1v) is 10.1. The lowest BCUT2D eigenvalue weighted by Gasteiger charge is -2.28. The molecule has 3 aromatic carbocycles. The van der Waals surface area contributed by atoms with Crippen LogP contribution in [0.15, 0.2) is 60.7 Å². The lowest BCUT2D eigenvalue weighted by molar-refractivity contribution is 0.00467. The number of β-amino-alcohol motifs (C(OH)–C–C–N with tert-alkyl or cyclic N) is 1. The number of fused-ring (bicyclic) bond motifs is 1. The minimum Gasteiger partial charge on any atom is -0.491 e. The molecule has 1 aliphatic heterocycles. The number of aliphatic hydroxyl groups excluding tert-OH is 2. The fraction of sp³-hybridized carbons (Fsp3) is 0.333. The Morgan fingerprint density at radius 1 is 0.966 bits per heavy atom. The molecule has 1 saturated heterocycles. The number of aliphatic hydroxyl groups is 2. The Hall–Kier alpha value is -2.44. The third-order valence-corrected chi connectivity index (χ3v) is 5.33. The van der Waals surface area contributed by atoms with Crippen molar-refractivity contribution in [3.05, 3.63) is 66.2 Å². The summed E-state index contributed by atoms with van der Waals surface area (Å²) in [5.74, 6) is 0.715. The zero-order valence-corrected chi connectivity index (χ0v) is 16.5. The van der Waals surface area contributed by atoms with Gasteiger partial charge >= 0.3 is 0 Å². The van der Waals surface area contributed by atoms with E-state index in [0.717, 1.165) is 40.6 Å². The van der Waals surface area contributed by atoms with E-state index >= 15 is 0 Å². The Morgan fingerprint density at radius 2 is 1.72 bits per heavy atom. The van der Waals surface area contributed by atoms with Gasteiger partial charge in [-0.25, -0.2) is 0 Å². The van der Waals surface area contributed by atoms with E-state index in [2.05, 4.69) is 17.0 Å². The third-order valence-electron chi connectivity index (χ3n) is 5.33. The van der Waals surface area contributed by atoms with Crippen LogP contribution in [0.3, 0.4) is 0 Å². The summed E-state index contributed by atoms with van der Waals surface area (Å²) in [6.07, 6.45) is -0.562. The molecule has 1 atom stereocenters. The Bertz CT molecular complexity index is 953. The first-order chi connectivity index (χ1) is 14.2.